The topological polar surface area (TPSA) is 65.4 Å². The molecule has 150 valence electrons. The Kier molecular flexibility index (Phi) is 6.36. The van der Waals surface area contributed by atoms with Gasteiger partial charge in [0.1, 0.15) is 10.8 Å². The molecule has 0 fully saturated rings. The molecule has 7 heteroatoms. The highest BCUT2D eigenvalue weighted by Gasteiger charge is 2.27. The van der Waals surface area contributed by atoms with Crippen LogP contribution in [-0.4, -0.2) is 56.0 Å². The monoisotopic (exact) mass is 401 g/mol. The number of nitrogens with zero attached hydrogens (tertiary/aromatic N) is 3. The standard InChI is InChI=1S/C21H27N3O3S/c1-5-24(6-2)15-8-7-14(17(25)11-15)12-22-20-19(21(26)27-4)16-9-10-23(3)13-18(16)28-20/h7-8,11-12,25H,5-6,9-10,13H2,1-4H3/b22-12+. The molecular formula is C21H27N3O3S. The molecule has 1 aromatic heterocycles. The van der Waals surface area contributed by atoms with Gasteiger partial charge in [0.2, 0.25) is 0 Å². The number of thiophene rings is 1. The van der Waals surface area contributed by atoms with Crippen LogP contribution in [0.2, 0.25) is 0 Å². The van der Waals surface area contributed by atoms with Crippen LogP contribution in [0.15, 0.2) is 23.2 Å². The minimum atomic E-state index is -0.352. The van der Waals surface area contributed by atoms with Crippen LogP contribution in [0.3, 0.4) is 0 Å². The van der Waals surface area contributed by atoms with Gasteiger partial charge in [0.05, 0.1) is 12.7 Å². The summed E-state index contributed by atoms with van der Waals surface area (Å²) in [5.74, 6) is -0.177. The summed E-state index contributed by atoms with van der Waals surface area (Å²) in [7, 11) is 3.46. The average Bonchev–Trinajstić information content (AvgIpc) is 3.05. The number of benzene rings is 1. The Morgan fingerprint density at radius 1 is 1.39 bits per heavy atom. The lowest BCUT2D eigenvalue weighted by Crippen LogP contribution is -2.26. The molecule has 3 rings (SSSR count). The van der Waals surface area contributed by atoms with Crippen LogP contribution in [0.1, 0.15) is 40.2 Å². The maximum Gasteiger partial charge on any atom is 0.341 e. The van der Waals surface area contributed by atoms with Crippen molar-refractivity contribution in [1.82, 2.24) is 4.90 Å². The number of hydrogen-bond donors (Lipinski definition) is 1. The van der Waals surface area contributed by atoms with E-state index in [0.29, 0.717) is 16.1 Å². The Morgan fingerprint density at radius 2 is 2.14 bits per heavy atom. The highest BCUT2D eigenvalue weighted by molar-refractivity contribution is 7.16. The summed E-state index contributed by atoms with van der Waals surface area (Å²) in [5, 5.41) is 11.1. The van der Waals surface area contributed by atoms with Crippen LogP contribution < -0.4 is 4.90 Å². The van der Waals surface area contributed by atoms with E-state index in [0.717, 1.165) is 48.7 Å². The summed E-state index contributed by atoms with van der Waals surface area (Å²) in [4.78, 5) is 22.5. The fraction of sp³-hybridized carbons (Fsp3) is 0.429. The van der Waals surface area contributed by atoms with Crippen molar-refractivity contribution in [3.05, 3.63) is 39.8 Å². The molecule has 0 saturated carbocycles. The van der Waals surface area contributed by atoms with Crippen molar-refractivity contribution in [3.8, 4) is 5.75 Å². The van der Waals surface area contributed by atoms with Gasteiger partial charge in [-0.15, -0.1) is 11.3 Å². The number of aliphatic imine (C=N–C) groups is 1. The average molecular weight is 402 g/mol. The second-order valence-corrected chi connectivity index (χ2v) is 7.92. The van der Waals surface area contributed by atoms with Crippen molar-refractivity contribution in [2.75, 3.05) is 38.7 Å². The molecule has 1 aliphatic heterocycles. The van der Waals surface area contributed by atoms with Crippen molar-refractivity contribution in [1.29, 1.82) is 0 Å². The molecule has 1 N–H and O–H groups in total. The van der Waals surface area contributed by atoms with E-state index in [1.165, 1.54) is 18.4 Å². The maximum atomic E-state index is 12.4. The Balaban J connectivity index is 1.93. The second-order valence-electron chi connectivity index (χ2n) is 6.84. The van der Waals surface area contributed by atoms with E-state index >= 15 is 0 Å². The molecule has 0 aliphatic carbocycles. The smallest absolute Gasteiger partial charge is 0.341 e. The van der Waals surface area contributed by atoms with Gasteiger partial charge in [-0.05, 0) is 45.0 Å². The lowest BCUT2D eigenvalue weighted by Gasteiger charge is -2.22. The number of ether oxygens (including phenoxy) is 1. The third kappa shape index (κ3) is 4.05. The summed E-state index contributed by atoms with van der Waals surface area (Å²) >= 11 is 1.52. The van der Waals surface area contributed by atoms with Gasteiger partial charge in [-0.2, -0.15) is 0 Å². The number of methoxy groups -OCH3 is 1. The SMILES string of the molecule is CCN(CC)c1ccc(/C=N/c2sc3c(c2C(=O)OC)CCN(C)C3)c(O)c1. The lowest BCUT2D eigenvalue weighted by atomic mass is 10.0. The van der Waals surface area contributed by atoms with Gasteiger partial charge in [-0.1, -0.05) is 0 Å². The first kappa shape index (κ1) is 20.4. The van der Waals surface area contributed by atoms with Gasteiger partial charge < -0.3 is 19.6 Å². The summed E-state index contributed by atoms with van der Waals surface area (Å²) in [5.41, 5.74) is 3.20. The quantitative estimate of drug-likeness (QED) is 0.589. The third-order valence-corrected chi connectivity index (χ3v) is 6.21. The molecule has 0 radical (unpaired) electrons. The minimum Gasteiger partial charge on any atom is -0.507 e. The van der Waals surface area contributed by atoms with Crippen molar-refractivity contribution < 1.29 is 14.6 Å². The Labute approximate surface area is 170 Å². The Morgan fingerprint density at radius 3 is 2.79 bits per heavy atom. The zero-order valence-electron chi connectivity index (χ0n) is 16.9. The summed E-state index contributed by atoms with van der Waals surface area (Å²) in [6, 6.07) is 5.58. The predicted octanol–water partition coefficient (Wildman–Crippen LogP) is 3.83. The molecule has 2 aromatic rings. The summed E-state index contributed by atoms with van der Waals surface area (Å²) in [6.45, 7) is 7.64. The second kappa shape index (κ2) is 8.75. The lowest BCUT2D eigenvalue weighted by molar-refractivity contribution is 0.0600. The number of esters is 1. The fourth-order valence-electron chi connectivity index (χ4n) is 3.48. The number of likely N-dealkylation sites (N-methyl/N-ethyl adjacent to an activating group) is 1. The summed E-state index contributed by atoms with van der Waals surface area (Å²) < 4.78 is 5.00. The van der Waals surface area contributed by atoms with Crippen molar-refractivity contribution in [2.45, 2.75) is 26.8 Å². The van der Waals surface area contributed by atoms with Crippen LogP contribution in [0.4, 0.5) is 10.7 Å². The molecule has 0 amide bonds. The Hall–Kier alpha value is -2.38. The van der Waals surface area contributed by atoms with Crippen LogP contribution in [0.25, 0.3) is 0 Å². The number of carbonyl (C=O) groups is 1. The molecule has 0 saturated heterocycles. The van der Waals surface area contributed by atoms with Gasteiger partial charge in [0.15, 0.2) is 0 Å². The molecule has 0 bridgehead atoms. The summed E-state index contributed by atoms with van der Waals surface area (Å²) in [6.07, 6.45) is 2.43. The maximum absolute atomic E-state index is 12.4. The van der Waals surface area contributed by atoms with Gasteiger partial charge in [0.25, 0.3) is 0 Å². The first-order chi connectivity index (χ1) is 13.5. The molecule has 2 heterocycles. The molecule has 1 aliphatic rings. The highest BCUT2D eigenvalue weighted by atomic mass is 32.1. The first-order valence-corrected chi connectivity index (χ1v) is 10.3. The van der Waals surface area contributed by atoms with Crippen LogP contribution in [0, 0.1) is 0 Å². The molecule has 0 atom stereocenters. The number of carbonyl (C=O) groups excluding carboxylic acids is 1. The van der Waals surface area contributed by atoms with E-state index in [-0.39, 0.29) is 11.7 Å². The molecule has 0 spiro atoms. The minimum absolute atomic E-state index is 0.175. The van der Waals surface area contributed by atoms with Crippen LogP contribution in [-0.2, 0) is 17.7 Å². The van der Waals surface area contributed by atoms with Gasteiger partial charge in [-0.3, -0.25) is 0 Å². The number of aromatic hydroxyl groups is 1. The highest BCUT2D eigenvalue weighted by Crippen LogP contribution is 2.39. The van der Waals surface area contributed by atoms with E-state index in [9.17, 15) is 9.90 Å². The molecular weight excluding hydrogens is 374 g/mol. The van der Waals surface area contributed by atoms with Crippen LogP contribution in [0.5, 0.6) is 5.75 Å². The number of fused-ring (bicyclic) bond motifs is 1. The number of anilines is 1. The number of hydrogen-bond acceptors (Lipinski definition) is 7. The molecule has 28 heavy (non-hydrogen) atoms. The number of rotatable bonds is 6. The van der Waals surface area contributed by atoms with E-state index in [4.69, 9.17) is 4.74 Å². The van der Waals surface area contributed by atoms with E-state index < -0.39 is 0 Å². The molecule has 0 unspecified atom stereocenters. The van der Waals surface area contributed by atoms with E-state index in [2.05, 4.69) is 35.7 Å². The predicted molar refractivity (Wildman–Crippen MR) is 115 cm³/mol. The van der Waals surface area contributed by atoms with E-state index in [1.807, 2.05) is 12.1 Å². The van der Waals surface area contributed by atoms with Gasteiger partial charge in [-0.25, -0.2) is 9.79 Å². The number of phenols is 1. The Bertz CT molecular complexity index is 887. The normalized spacial score (nSPS) is 14.3. The van der Waals surface area contributed by atoms with Gasteiger partial charge in [0, 0.05) is 54.6 Å². The van der Waals surface area contributed by atoms with E-state index in [1.54, 1.807) is 12.3 Å². The third-order valence-electron chi connectivity index (χ3n) is 5.08. The number of phenolic OH excluding ortho intramolecular Hbond substituents is 1. The van der Waals surface area contributed by atoms with Crippen molar-refractivity contribution in [3.63, 3.8) is 0 Å². The largest absolute Gasteiger partial charge is 0.507 e. The molecule has 1 aromatic carbocycles. The van der Waals surface area contributed by atoms with Crippen molar-refractivity contribution in [2.24, 2.45) is 4.99 Å². The van der Waals surface area contributed by atoms with Gasteiger partial charge >= 0.3 is 5.97 Å². The molecule has 6 nitrogen and oxygen atoms in total. The first-order valence-electron chi connectivity index (χ1n) is 9.51. The zero-order chi connectivity index (χ0) is 20.3. The van der Waals surface area contributed by atoms with Crippen molar-refractivity contribution >= 4 is 34.2 Å². The van der Waals surface area contributed by atoms with Crippen LogP contribution >= 0.6 is 11.3 Å². The zero-order valence-corrected chi connectivity index (χ0v) is 17.7. The fourth-order valence-corrected chi connectivity index (χ4v) is 4.73.